The number of piperidine rings is 1. The van der Waals surface area contributed by atoms with E-state index in [0.29, 0.717) is 12.6 Å². The summed E-state index contributed by atoms with van der Waals surface area (Å²) < 4.78 is 0.244. The maximum atomic E-state index is 11.9. The highest BCUT2D eigenvalue weighted by Gasteiger charge is 2.35. The van der Waals surface area contributed by atoms with Crippen molar-refractivity contribution in [2.24, 2.45) is 4.99 Å². The number of thioether (sulfide) groups is 1. The Labute approximate surface area is 192 Å². The van der Waals surface area contributed by atoms with Gasteiger partial charge in [0, 0.05) is 48.9 Å². The molecule has 1 heterocycles. The number of nitrogens with zero attached hydrogens (tertiary/aromatic N) is 2. The summed E-state index contributed by atoms with van der Waals surface area (Å²) in [4.78, 5) is 20.0. The molecule has 1 aliphatic carbocycles. The number of likely N-dealkylation sites (tertiary alicyclic amines) is 1. The van der Waals surface area contributed by atoms with Crippen molar-refractivity contribution in [1.29, 1.82) is 0 Å². The van der Waals surface area contributed by atoms with Crippen LogP contribution >= 0.6 is 11.8 Å². The Morgan fingerprint density at radius 3 is 2.52 bits per heavy atom. The first-order valence-electron chi connectivity index (χ1n) is 11.8. The van der Waals surface area contributed by atoms with Gasteiger partial charge in [-0.2, -0.15) is 0 Å². The minimum atomic E-state index is 0.142. The van der Waals surface area contributed by atoms with E-state index in [9.17, 15) is 4.79 Å². The van der Waals surface area contributed by atoms with E-state index in [0.717, 1.165) is 51.4 Å². The molecule has 1 aliphatic heterocycles. The van der Waals surface area contributed by atoms with E-state index >= 15 is 0 Å². The normalized spacial score (nSPS) is 19.9. The molecule has 0 bridgehead atoms. The Balaban J connectivity index is 1.43. The first-order chi connectivity index (χ1) is 15.1. The van der Waals surface area contributed by atoms with Crippen LogP contribution in [0.1, 0.15) is 51.9 Å². The molecule has 172 valence electrons. The Morgan fingerprint density at radius 2 is 1.87 bits per heavy atom. The zero-order chi connectivity index (χ0) is 21.9. The largest absolute Gasteiger partial charge is 0.355 e. The van der Waals surface area contributed by atoms with E-state index in [1.54, 1.807) is 0 Å². The van der Waals surface area contributed by atoms with Crippen molar-refractivity contribution in [3.63, 3.8) is 0 Å². The fourth-order valence-corrected chi connectivity index (χ4v) is 5.89. The van der Waals surface area contributed by atoms with Gasteiger partial charge in [-0.3, -0.25) is 14.7 Å². The molecular formula is C24H39N5OS. The molecule has 1 saturated heterocycles. The summed E-state index contributed by atoms with van der Waals surface area (Å²) in [5.74, 6) is 1.04. The molecule has 7 heteroatoms. The summed E-state index contributed by atoms with van der Waals surface area (Å²) in [6.45, 7) is 6.18. The van der Waals surface area contributed by atoms with Crippen LogP contribution in [0, 0.1) is 0 Å². The van der Waals surface area contributed by atoms with Crippen LogP contribution in [0.3, 0.4) is 0 Å². The van der Waals surface area contributed by atoms with E-state index in [4.69, 9.17) is 0 Å². The summed E-state index contributed by atoms with van der Waals surface area (Å²) in [7, 11) is 1.86. The summed E-state index contributed by atoms with van der Waals surface area (Å²) in [6.07, 6.45) is 8.14. The Hall–Kier alpha value is -1.73. The van der Waals surface area contributed by atoms with Crippen LogP contribution in [0.2, 0.25) is 0 Å². The first kappa shape index (κ1) is 23.9. The van der Waals surface area contributed by atoms with Gasteiger partial charge in [0.1, 0.15) is 0 Å². The molecule has 0 aromatic heterocycles. The fraction of sp³-hybridized carbons (Fsp3) is 0.667. The molecule has 1 aromatic carbocycles. The van der Waals surface area contributed by atoms with Crippen LogP contribution in [-0.2, 0) is 4.79 Å². The first-order valence-corrected chi connectivity index (χ1v) is 12.6. The number of carbonyl (C=O) groups excluding carboxylic acids is 1. The molecule has 0 radical (unpaired) electrons. The highest BCUT2D eigenvalue weighted by atomic mass is 32.2. The van der Waals surface area contributed by atoms with Crippen LogP contribution in [0.4, 0.5) is 0 Å². The molecule has 1 aromatic rings. The Bertz CT molecular complexity index is 697. The third kappa shape index (κ3) is 7.72. The molecule has 31 heavy (non-hydrogen) atoms. The van der Waals surface area contributed by atoms with Crippen molar-refractivity contribution in [2.45, 2.75) is 67.6 Å². The number of hydrogen-bond acceptors (Lipinski definition) is 4. The van der Waals surface area contributed by atoms with Gasteiger partial charge in [-0.1, -0.05) is 38.0 Å². The Morgan fingerprint density at radius 1 is 1.16 bits per heavy atom. The van der Waals surface area contributed by atoms with Crippen molar-refractivity contribution >= 4 is 23.6 Å². The summed E-state index contributed by atoms with van der Waals surface area (Å²) in [5, 5.41) is 10.2. The number of nitrogens with one attached hydrogen (secondary N) is 3. The topological polar surface area (TPSA) is 68.8 Å². The van der Waals surface area contributed by atoms with Gasteiger partial charge >= 0.3 is 0 Å². The Kier molecular flexibility index (Phi) is 9.53. The SMILES string of the molecule is CCCNC(=O)CN1CCC(NC(=NC)NCC2(Sc3ccccc3)CCCC2)CC1. The zero-order valence-electron chi connectivity index (χ0n) is 19.2. The van der Waals surface area contributed by atoms with E-state index in [-0.39, 0.29) is 10.7 Å². The monoisotopic (exact) mass is 445 g/mol. The second-order valence-electron chi connectivity index (χ2n) is 8.78. The number of hydrogen-bond donors (Lipinski definition) is 3. The number of guanidine groups is 1. The van der Waals surface area contributed by atoms with E-state index < -0.39 is 0 Å². The van der Waals surface area contributed by atoms with Gasteiger partial charge in [-0.05, 0) is 44.2 Å². The average Bonchev–Trinajstić information content (AvgIpc) is 3.25. The lowest BCUT2D eigenvalue weighted by atomic mass is 10.1. The highest BCUT2D eigenvalue weighted by Crippen LogP contribution is 2.44. The van der Waals surface area contributed by atoms with Gasteiger partial charge < -0.3 is 16.0 Å². The van der Waals surface area contributed by atoms with E-state index in [1.807, 2.05) is 18.8 Å². The van der Waals surface area contributed by atoms with Crippen LogP contribution in [0.5, 0.6) is 0 Å². The van der Waals surface area contributed by atoms with Gasteiger partial charge in [0.15, 0.2) is 5.96 Å². The molecule has 2 aliphatic rings. The van der Waals surface area contributed by atoms with Crippen LogP contribution in [-0.4, -0.2) is 67.3 Å². The standard InChI is InChI=1S/C24H39N5OS/c1-3-15-26-22(30)18-29-16-11-20(12-17-29)28-23(25-2)27-19-24(13-7-8-14-24)31-21-9-5-4-6-10-21/h4-6,9-10,20H,3,7-8,11-19H2,1-2H3,(H,26,30)(H2,25,27,28). The number of rotatable bonds is 9. The van der Waals surface area contributed by atoms with Crippen LogP contribution < -0.4 is 16.0 Å². The van der Waals surface area contributed by atoms with Crippen molar-refractivity contribution in [3.8, 4) is 0 Å². The molecule has 2 fully saturated rings. The molecule has 0 spiro atoms. The zero-order valence-corrected chi connectivity index (χ0v) is 20.0. The molecule has 3 rings (SSSR count). The van der Waals surface area contributed by atoms with Crippen LogP contribution in [0.25, 0.3) is 0 Å². The highest BCUT2D eigenvalue weighted by molar-refractivity contribution is 8.00. The van der Waals surface area contributed by atoms with Gasteiger partial charge in [0.05, 0.1) is 6.54 Å². The third-order valence-corrected chi connectivity index (χ3v) is 7.76. The molecule has 0 unspecified atom stereocenters. The molecule has 0 atom stereocenters. The number of amides is 1. The predicted octanol–water partition coefficient (Wildman–Crippen LogP) is 3.25. The van der Waals surface area contributed by atoms with Crippen LogP contribution in [0.15, 0.2) is 40.2 Å². The molecular weight excluding hydrogens is 406 g/mol. The summed E-state index contributed by atoms with van der Waals surface area (Å²) in [5.41, 5.74) is 0. The van der Waals surface area contributed by atoms with E-state index in [2.05, 4.69) is 63.1 Å². The van der Waals surface area contributed by atoms with Crippen molar-refractivity contribution < 1.29 is 4.79 Å². The van der Waals surface area contributed by atoms with E-state index in [1.165, 1.54) is 30.6 Å². The second kappa shape index (κ2) is 12.3. The molecule has 3 N–H and O–H groups in total. The minimum Gasteiger partial charge on any atom is -0.355 e. The lowest BCUT2D eigenvalue weighted by Crippen LogP contribution is -2.51. The van der Waals surface area contributed by atoms with Crippen molar-refractivity contribution in [1.82, 2.24) is 20.9 Å². The summed E-state index contributed by atoms with van der Waals surface area (Å²) >= 11 is 2.02. The number of carbonyl (C=O) groups is 1. The smallest absolute Gasteiger partial charge is 0.234 e. The number of aliphatic imine (C=N–C) groups is 1. The number of benzene rings is 1. The maximum Gasteiger partial charge on any atom is 0.234 e. The predicted molar refractivity (Wildman–Crippen MR) is 131 cm³/mol. The van der Waals surface area contributed by atoms with Crippen molar-refractivity contribution in [3.05, 3.63) is 30.3 Å². The lowest BCUT2D eigenvalue weighted by Gasteiger charge is -2.34. The quantitative estimate of drug-likeness (QED) is 0.402. The van der Waals surface area contributed by atoms with Gasteiger partial charge in [-0.15, -0.1) is 11.8 Å². The third-order valence-electron chi connectivity index (χ3n) is 6.26. The van der Waals surface area contributed by atoms with Gasteiger partial charge in [0.2, 0.25) is 5.91 Å². The summed E-state index contributed by atoms with van der Waals surface area (Å²) in [6, 6.07) is 11.2. The molecule has 6 nitrogen and oxygen atoms in total. The second-order valence-corrected chi connectivity index (χ2v) is 10.3. The average molecular weight is 446 g/mol. The van der Waals surface area contributed by atoms with Gasteiger partial charge in [-0.25, -0.2) is 0 Å². The fourth-order valence-electron chi connectivity index (χ4n) is 4.46. The lowest BCUT2D eigenvalue weighted by molar-refractivity contribution is -0.122. The molecule has 1 saturated carbocycles. The van der Waals surface area contributed by atoms with Crippen molar-refractivity contribution in [2.75, 3.05) is 39.8 Å². The molecule has 1 amide bonds. The minimum absolute atomic E-state index is 0.142. The maximum absolute atomic E-state index is 11.9. The van der Waals surface area contributed by atoms with Gasteiger partial charge in [0.25, 0.3) is 0 Å².